The lowest BCUT2D eigenvalue weighted by molar-refractivity contribution is 0.101. The highest BCUT2D eigenvalue weighted by atomic mass is 35.5. The first-order valence-corrected chi connectivity index (χ1v) is 9.05. The van der Waals surface area contributed by atoms with Crippen molar-refractivity contribution in [3.05, 3.63) is 93.0 Å². The second kappa shape index (κ2) is 6.15. The molecule has 0 atom stereocenters. The fraction of sp³-hybridized carbons (Fsp3) is 0.136. The van der Waals surface area contributed by atoms with Crippen molar-refractivity contribution in [3.63, 3.8) is 0 Å². The summed E-state index contributed by atoms with van der Waals surface area (Å²) < 4.78 is 6.10. The van der Waals surface area contributed by atoms with Crippen LogP contribution in [-0.4, -0.2) is 5.78 Å². The normalized spacial score (nSPS) is 14.2. The standard InChI is InChI=1S/C22H16Cl2O2/c1-13(25)16-5-3-4-6-17(16)22(2)18-9-7-14(23)11-20(18)26-21-12-15(24)8-10-19(21)22/h3-12H,1-2H3. The van der Waals surface area contributed by atoms with E-state index in [1.807, 2.05) is 48.5 Å². The molecule has 26 heavy (non-hydrogen) atoms. The van der Waals surface area contributed by atoms with Gasteiger partial charge in [-0.2, -0.15) is 0 Å². The van der Waals surface area contributed by atoms with Crippen LogP contribution in [-0.2, 0) is 5.41 Å². The Morgan fingerprint density at radius 1 is 0.846 bits per heavy atom. The molecule has 1 heterocycles. The van der Waals surface area contributed by atoms with Crippen LogP contribution >= 0.6 is 23.2 Å². The third kappa shape index (κ3) is 2.53. The van der Waals surface area contributed by atoms with Gasteiger partial charge in [0.15, 0.2) is 5.78 Å². The number of benzene rings is 3. The highest BCUT2D eigenvalue weighted by molar-refractivity contribution is 6.31. The number of hydrogen-bond donors (Lipinski definition) is 0. The van der Waals surface area contributed by atoms with E-state index in [0.717, 1.165) is 16.7 Å². The van der Waals surface area contributed by atoms with Crippen molar-refractivity contribution in [1.82, 2.24) is 0 Å². The zero-order valence-corrected chi connectivity index (χ0v) is 15.9. The molecule has 0 fully saturated rings. The smallest absolute Gasteiger partial charge is 0.160 e. The summed E-state index contributed by atoms with van der Waals surface area (Å²) >= 11 is 12.4. The van der Waals surface area contributed by atoms with Crippen molar-refractivity contribution in [3.8, 4) is 11.5 Å². The number of carbonyl (C=O) groups is 1. The van der Waals surface area contributed by atoms with Crippen molar-refractivity contribution >= 4 is 29.0 Å². The highest BCUT2D eigenvalue weighted by Gasteiger charge is 2.41. The summed E-state index contributed by atoms with van der Waals surface area (Å²) in [5, 5.41) is 1.19. The molecule has 1 aliphatic rings. The Kier molecular flexibility index (Phi) is 4.06. The molecule has 0 aromatic heterocycles. The molecule has 0 saturated heterocycles. The van der Waals surface area contributed by atoms with Gasteiger partial charge in [0, 0.05) is 26.7 Å². The van der Waals surface area contributed by atoms with Crippen molar-refractivity contribution in [2.75, 3.05) is 0 Å². The molecular weight excluding hydrogens is 367 g/mol. The Bertz CT molecular complexity index is 989. The lowest BCUT2D eigenvalue weighted by Crippen LogP contribution is -2.31. The predicted molar refractivity (Wildman–Crippen MR) is 105 cm³/mol. The molecule has 4 heteroatoms. The van der Waals surface area contributed by atoms with Gasteiger partial charge in [-0.05, 0) is 43.7 Å². The molecule has 4 rings (SSSR count). The van der Waals surface area contributed by atoms with Gasteiger partial charge in [-0.25, -0.2) is 0 Å². The molecular formula is C22H16Cl2O2. The Morgan fingerprint density at radius 2 is 1.38 bits per heavy atom. The SMILES string of the molecule is CC(=O)c1ccccc1C1(C)c2ccc(Cl)cc2Oc2cc(Cl)ccc21. The summed E-state index contributed by atoms with van der Waals surface area (Å²) in [5.41, 5.74) is 2.98. The molecule has 3 aromatic rings. The van der Waals surface area contributed by atoms with Gasteiger partial charge >= 0.3 is 0 Å². The van der Waals surface area contributed by atoms with Gasteiger partial charge in [-0.3, -0.25) is 4.79 Å². The second-order valence-electron chi connectivity index (χ2n) is 6.61. The van der Waals surface area contributed by atoms with Crippen molar-refractivity contribution in [2.45, 2.75) is 19.3 Å². The van der Waals surface area contributed by atoms with Crippen LogP contribution < -0.4 is 4.74 Å². The monoisotopic (exact) mass is 382 g/mol. The summed E-state index contributed by atoms with van der Waals surface area (Å²) in [7, 11) is 0. The third-order valence-electron chi connectivity index (χ3n) is 5.03. The Balaban J connectivity index is 2.09. The summed E-state index contributed by atoms with van der Waals surface area (Å²) in [6, 6.07) is 18.9. The molecule has 0 spiro atoms. The van der Waals surface area contributed by atoms with E-state index < -0.39 is 5.41 Å². The van der Waals surface area contributed by atoms with Gasteiger partial charge in [0.25, 0.3) is 0 Å². The first kappa shape index (κ1) is 17.1. The number of halogens is 2. The highest BCUT2D eigenvalue weighted by Crippen LogP contribution is 2.53. The summed E-state index contributed by atoms with van der Waals surface area (Å²) in [6.07, 6.45) is 0. The maximum atomic E-state index is 12.3. The molecule has 0 N–H and O–H groups in total. The molecule has 0 aliphatic carbocycles. The van der Waals surface area contributed by atoms with E-state index in [2.05, 4.69) is 6.92 Å². The maximum Gasteiger partial charge on any atom is 0.160 e. The zero-order valence-electron chi connectivity index (χ0n) is 14.3. The summed E-state index contributed by atoms with van der Waals surface area (Å²) in [4.78, 5) is 12.3. The molecule has 3 aromatic carbocycles. The van der Waals surface area contributed by atoms with E-state index in [0.29, 0.717) is 27.1 Å². The minimum atomic E-state index is -0.569. The van der Waals surface area contributed by atoms with Crippen LogP contribution in [0.2, 0.25) is 10.0 Å². The van der Waals surface area contributed by atoms with Gasteiger partial charge in [0.05, 0.1) is 5.41 Å². The average molecular weight is 383 g/mol. The lowest BCUT2D eigenvalue weighted by atomic mass is 9.67. The number of carbonyl (C=O) groups excluding carboxylic acids is 1. The van der Waals surface area contributed by atoms with Crippen LogP contribution in [0.5, 0.6) is 11.5 Å². The summed E-state index contributed by atoms with van der Waals surface area (Å²) in [5.74, 6) is 1.38. The maximum absolute atomic E-state index is 12.3. The minimum absolute atomic E-state index is 0.0272. The fourth-order valence-corrected chi connectivity index (χ4v) is 4.09. The van der Waals surface area contributed by atoms with Crippen LogP contribution in [0.15, 0.2) is 60.7 Å². The van der Waals surface area contributed by atoms with Gasteiger partial charge in [0.2, 0.25) is 0 Å². The van der Waals surface area contributed by atoms with E-state index in [9.17, 15) is 4.79 Å². The first-order chi connectivity index (χ1) is 12.4. The summed E-state index contributed by atoms with van der Waals surface area (Å²) in [6.45, 7) is 3.70. The first-order valence-electron chi connectivity index (χ1n) is 8.29. The van der Waals surface area contributed by atoms with E-state index in [1.54, 1.807) is 19.1 Å². The van der Waals surface area contributed by atoms with Crippen LogP contribution in [0.1, 0.15) is 40.9 Å². The van der Waals surface area contributed by atoms with E-state index in [4.69, 9.17) is 27.9 Å². The van der Waals surface area contributed by atoms with E-state index in [-0.39, 0.29) is 5.78 Å². The van der Waals surface area contributed by atoms with Crippen LogP contribution in [0.3, 0.4) is 0 Å². The molecule has 1 aliphatic heterocycles. The molecule has 0 bridgehead atoms. The van der Waals surface area contributed by atoms with E-state index >= 15 is 0 Å². The van der Waals surface area contributed by atoms with Crippen LogP contribution in [0.4, 0.5) is 0 Å². The van der Waals surface area contributed by atoms with Gasteiger partial charge < -0.3 is 4.74 Å². The Hall–Kier alpha value is -2.29. The number of fused-ring (bicyclic) bond motifs is 2. The molecule has 0 saturated carbocycles. The molecule has 130 valence electrons. The number of ether oxygens (including phenoxy) is 1. The largest absolute Gasteiger partial charge is 0.457 e. The lowest BCUT2D eigenvalue weighted by Gasteiger charge is -2.39. The fourth-order valence-electron chi connectivity index (χ4n) is 3.77. The number of rotatable bonds is 2. The topological polar surface area (TPSA) is 26.3 Å². The average Bonchev–Trinajstić information content (AvgIpc) is 2.61. The van der Waals surface area contributed by atoms with E-state index in [1.165, 1.54) is 0 Å². The molecule has 0 radical (unpaired) electrons. The van der Waals surface area contributed by atoms with Crippen molar-refractivity contribution < 1.29 is 9.53 Å². The third-order valence-corrected chi connectivity index (χ3v) is 5.50. The van der Waals surface area contributed by atoms with Crippen molar-refractivity contribution in [1.29, 1.82) is 0 Å². The van der Waals surface area contributed by atoms with Gasteiger partial charge in [0.1, 0.15) is 11.5 Å². The number of ketones is 1. The molecule has 2 nitrogen and oxygen atoms in total. The molecule has 0 unspecified atom stereocenters. The van der Waals surface area contributed by atoms with Gasteiger partial charge in [-0.15, -0.1) is 0 Å². The second-order valence-corrected chi connectivity index (χ2v) is 7.48. The number of Topliss-reactive ketones (excluding diaryl/α,β-unsaturated/α-hetero) is 1. The zero-order chi connectivity index (χ0) is 18.5. The Morgan fingerprint density at radius 3 is 1.92 bits per heavy atom. The quantitative estimate of drug-likeness (QED) is 0.463. The van der Waals surface area contributed by atoms with Gasteiger partial charge in [-0.1, -0.05) is 59.6 Å². The molecule has 0 amide bonds. The Labute approximate surface area is 162 Å². The van der Waals surface area contributed by atoms with Crippen LogP contribution in [0, 0.1) is 0 Å². The van der Waals surface area contributed by atoms with Crippen molar-refractivity contribution in [2.24, 2.45) is 0 Å². The number of hydrogen-bond acceptors (Lipinski definition) is 2. The predicted octanol–water partition coefficient (Wildman–Crippen LogP) is 6.66. The van der Waals surface area contributed by atoms with Crippen LogP contribution in [0.25, 0.3) is 0 Å². The minimum Gasteiger partial charge on any atom is -0.457 e.